The Morgan fingerprint density at radius 1 is 1.47 bits per heavy atom. The van der Waals surface area contributed by atoms with E-state index in [-0.39, 0.29) is 0 Å². The molecule has 5 N–H and O–H groups in total. The first-order chi connectivity index (χ1) is 7.06. The van der Waals surface area contributed by atoms with Crippen molar-refractivity contribution in [3.8, 4) is 0 Å². The van der Waals surface area contributed by atoms with Crippen LogP contribution in [0.5, 0.6) is 0 Å². The fraction of sp³-hybridized carbons (Fsp3) is 0.300. The average Bonchev–Trinajstić information content (AvgIpc) is 2.16. The Bertz CT molecular complexity index is 362. The van der Waals surface area contributed by atoms with Crippen molar-refractivity contribution in [3.63, 3.8) is 0 Å². The zero-order valence-corrected chi connectivity index (χ0v) is 8.95. The van der Waals surface area contributed by atoms with E-state index >= 15 is 0 Å². The van der Waals surface area contributed by atoms with Crippen LogP contribution in [0.3, 0.4) is 0 Å². The monoisotopic (exact) mass is 208 g/mol. The zero-order chi connectivity index (χ0) is 11.4. The van der Waals surface area contributed by atoms with Crippen LogP contribution in [-0.4, -0.2) is 20.1 Å². The van der Waals surface area contributed by atoms with Crippen molar-refractivity contribution in [3.05, 3.63) is 23.8 Å². The van der Waals surface area contributed by atoms with Crippen molar-refractivity contribution in [2.75, 3.05) is 24.3 Å². The van der Waals surface area contributed by atoms with Crippen molar-refractivity contribution in [2.45, 2.75) is 6.54 Å². The molecule has 0 fully saturated rings. The number of para-hydroxylation sites is 1. The van der Waals surface area contributed by atoms with Gasteiger partial charge in [-0.3, -0.25) is 0 Å². The minimum Gasteiger partial charge on any atom is -0.376 e. The molecule has 5 heteroatoms. The van der Waals surface area contributed by atoms with E-state index in [1.807, 2.05) is 37.2 Å². The third-order valence-electron chi connectivity index (χ3n) is 2.08. The van der Waals surface area contributed by atoms with E-state index in [1.54, 1.807) is 0 Å². The lowest BCUT2D eigenvalue weighted by molar-refractivity contribution is 0.259. The van der Waals surface area contributed by atoms with Crippen molar-refractivity contribution in [1.29, 1.82) is 0 Å². The van der Waals surface area contributed by atoms with Gasteiger partial charge in [-0.05, 0) is 11.6 Å². The molecule has 1 aromatic rings. The molecule has 1 rings (SSSR count). The number of nitrogens with one attached hydrogen (secondary N) is 1. The largest absolute Gasteiger partial charge is 0.376 e. The van der Waals surface area contributed by atoms with E-state index in [4.69, 9.17) is 11.5 Å². The standard InChI is InChI=1S/C10H16N4O/c1-14(2)8-5-3-4-7(6-11)9(8)13-10(12)15/h3-5H,6,11H2,1-2H3,(H3,12,13,15). The summed E-state index contributed by atoms with van der Waals surface area (Å²) in [5, 5.41) is 2.59. The van der Waals surface area contributed by atoms with Crippen LogP contribution < -0.4 is 21.7 Å². The van der Waals surface area contributed by atoms with Crippen molar-refractivity contribution < 1.29 is 4.79 Å². The maximum Gasteiger partial charge on any atom is 0.316 e. The van der Waals surface area contributed by atoms with Crippen LogP contribution in [0.2, 0.25) is 0 Å². The van der Waals surface area contributed by atoms with E-state index in [0.717, 1.165) is 11.3 Å². The zero-order valence-electron chi connectivity index (χ0n) is 8.95. The average molecular weight is 208 g/mol. The molecular formula is C10H16N4O. The number of rotatable bonds is 3. The summed E-state index contributed by atoms with van der Waals surface area (Å²) in [6, 6.07) is 5.06. The molecule has 0 saturated heterocycles. The molecule has 82 valence electrons. The molecule has 0 aliphatic carbocycles. The van der Waals surface area contributed by atoms with E-state index in [9.17, 15) is 4.79 Å². The van der Waals surface area contributed by atoms with Crippen LogP contribution in [0, 0.1) is 0 Å². The van der Waals surface area contributed by atoms with Gasteiger partial charge >= 0.3 is 6.03 Å². The van der Waals surface area contributed by atoms with Gasteiger partial charge in [0.1, 0.15) is 0 Å². The molecule has 5 nitrogen and oxygen atoms in total. The highest BCUT2D eigenvalue weighted by molar-refractivity contribution is 5.93. The van der Waals surface area contributed by atoms with Gasteiger partial charge in [-0.1, -0.05) is 12.1 Å². The lowest BCUT2D eigenvalue weighted by Crippen LogP contribution is -2.23. The predicted molar refractivity (Wildman–Crippen MR) is 61.9 cm³/mol. The van der Waals surface area contributed by atoms with Crippen LogP contribution in [0.25, 0.3) is 0 Å². The maximum atomic E-state index is 10.9. The highest BCUT2D eigenvalue weighted by atomic mass is 16.2. The summed E-state index contributed by atoms with van der Waals surface area (Å²) in [4.78, 5) is 12.8. The number of urea groups is 1. The second kappa shape index (κ2) is 4.65. The van der Waals surface area contributed by atoms with E-state index in [2.05, 4.69) is 5.32 Å². The second-order valence-corrected chi connectivity index (χ2v) is 3.40. The number of anilines is 2. The Labute approximate surface area is 89.0 Å². The van der Waals surface area contributed by atoms with Gasteiger partial charge in [0, 0.05) is 20.6 Å². The third kappa shape index (κ3) is 2.60. The Hall–Kier alpha value is -1.75. The number of benzene rings is 1. The molecule has 1 aromatic carbocycles. The summed E-state index contributed by atoms with van der Waals surface area (Å²) in [5.41, 5.74) is 13.1. The van der Waals surface area contributed by atoms with Gasteiger partial charge in [0.2, 0.25) is 0 Å². The number of nitrogens with zero attached hydrogens (tertiary/aromatic N) is 1. The first kappa shape index (κ1) is 11.3. The molecule has 0 atom stereocenters. The third-order valence-corrected chi connectivity index (χ3v) is 2.08. The molecule has 0 unspecified atom stereocenters. The fourth-order valence-corrected chi connectivity index (χ4v) is 1.40. The highest BCUT2D eigenvalue weighted by Gasteiger charge is 2.10. The summed E-state index contributed by atoms with van der Waals surface area (Å²) in [6.45, 7) is 0.358. The lowest BCUT2D eigenvalue weighted by Gasteiger charge is -2.19. The van der Waals surface area contributed by atoms with Gasteiger partial charge in [-0.15, -0.1) is 0 Å². The molecule has 0 aliphatic rings. The van der Waals surface area contributed by atoms with Crippen molar-refractivity contribution in [2.24, 2.45) is 11.5 Å². The maximum absolute atomic E-state index is 10.9. The van der Waals surface area contributed by atoms with E-state index < -0.39 is 6.03 Å². The molecule has 0 bridgehead atoms. The van der Waals surface area contributed by atoms with Gasteiger partial charge in [0.25, 0.3) is 0 Å². The number of amides is 2. The minimum atomic E-state index is -0.584. The Kier molecular flexibility index (Phi) is 3.51. The smallest absolute Gasteiger partial charge is 0.316 e. The van der Waals surface area contributed by atoms with E-state index in [1.165, 1.54) is 0 Å². The van der Waals surface area contributed by atoms with Crippen LogP contribution in [0.15, 0.2) is 18.2 Å². The summed E-state index contributed by atoms with van der Waals surface area (Å²) in [6.07, 6.45) is 0. The van der Waals surface area contributed by atoms with Gasteiger partial charge in [0.05, 0.1) is 11.4 Å². The second-order valence-electron chi connectivity index (χ2n) is 3.40. The molecule has 15 heavy (non-hydrogen) atoms. The SMILES string of the molecule is CN(C)c1cccc(CN)c1NC(N)=O. The van der Waals surface area contributed by atoms with Crippen LogP contribution in [0.1, 0.15) is 5.56 Å². The normalized spacial score (nSPS) is 9.80. The summed E-state index contributed by atoms with van der Waals surface area (Å²) < 4.78 is 0. The number of nitrogens with two attached hydrogens (primary N) is 2. The minimum absolute atomic E-state index is 0.358. The first-order valence-corrected chi connectivity index (χ1v) is 4.62. The molecule has 0 spiro atoms. The highest BCUT2D eigenvalue weighted by Crippen LogP contribution is 2.27. The lowest BCUT2D eigenvalue weighted by atomic mass is 10.1. The Balaban J connectivity index is 3.20. The first-order valence-electron chi connectivity index (χ1n) is 4.62. The molecule has 0 radical (unpaired) electrons. The Morgan fingerprint density at radius 3 is 2.60 bits per heavy atom. The molecule has 0 saturated carbocycles. The van der Waals surface area contributed by atoms with Crippen LogP contribution in [0.4, 0.5) is 16.2 Å². The van der Waals surface area contributed by atoms with Gasteiger partial charge < -0.3 is 21.7 Å². The summed E-state index contributed by atoms with van der Waals surface area (Å²) >= 11 is 0. The van der Waals surface area contributed by atoms with Crippen molar-refractivity contribution in [1.82, 2.24) is 0 Å². The number of carbonyl (C=O) groups excluding carboxylic acids is 1. The molecule has 0 aliphatic heterocycles. The van der Waals surface area contributed by atoms with Gasteiger partial charge in [-0.25, -0.2) is 4.79 Å². The van der Waals surface area contributed by atoms with Crippen molar-refractivity contribution >= 4 is 17.4 Å². The molecule has 2 amide bonds. The molecule has 0 aromatic heterocycles. The van der Waals surface area contributed by atoms with Gasteiger partial charge in [0.15, 0.2) is 0 Å². The van der Waals surface area contributed by atoms with Crippen LogP contribution >= 0.6 is 0 Å². The van der Waals surface area contributed by atoms with E-state index in [0.29, 0.717) is 12.2 Å². The predicted octanol–water partition coefficient (Wildman–Crippen LogP) is 0.702. The fourth-order valence-electron chi connectivity index (χ4n) is 1.40. The number of hydrogen-bond acceptors (Lipinski definition) is 3. The number of carbonyl (C=O) groups is 1. The topological polar surface area (TPSA) is 84.4 Å². The molecular weight excluding hydrogens is 192 g/mol. The van der Waals surface area contributed by atoms with Gasteiger partial charge in [-0.2, -0.15) is 0 Å². The Morgan fingerprint density at radius 2 is 2.13 bits per heavy atom. The number of hydrogen-bond donors (Lipinski definition) is 3. The van der Waals surface area contributed by atoms with Crippen LogP contribution in [-0.2, 0) is 6.54 Å². The summed E-state index contributed by atoms with van der Waals surface area (Å²) in [5.74, 6) is 0. The number of primary amides is 1. The summed E-state index contributed by atoms with van der Waals surface area (Å²) in [7, 11) is 3.78. The molecule has 0 heterocycles. The quantitative estimate of drug-likeness (QED) is 0.683.